The standard InChI is InChI=1S/C25H23FN2O4S/c1-31-20-11-10-16(12-21(20)32-2)23-14-25(30)28(19-8-3-4-9-22(19)33-23)15-24(29)27-18-7-5-6-17(26)13-18/h3-13,23H,14-15H2,1-2H3,(H,27,29). The highest BCUT2D eigenvalue weighted by Crippen LogP contribution is 2.46. The van der Waals surface area contributed by atoms with E-state index in [9.17, 15) is 14.0 Å². The van der Waals surface area contributed by atoms with Gasteiger partial charge in [-0.05, 0) is 48.0 Å². The van der Waals surface area contributed by atoms with Crippen LogP contribution in [0.3, 0.4) is 0 Å². The van der Waals surface area contributed by atoms with E-state index < -0.39 is 11.7 Å². The van der Waals surface area contributed by atoms with Crippen molar-refractivity contribution in [1.82, 2.24) is 0 Å². The Labute approximate surface area is 195 Å². The van der Waals surface area contributed by atoms with Crippen molar-refractivity contribution in [3.05, 3.63) is 78.1 Å². The second kappa shape index (κ2) is 9.95. The normalized spacial score (nSPS) is 15.4. The minimum absolute atomic E-state index is 0.172. The molecule has 0 aromatic heterocycles. The zero-order valence-electron chi connectivity index (χ0n) is 18.2. The summed E-state index contributed by atoms with van der Waals surface area (Å²) in [4.78, 5) is 28.4. The summed E-state index contributed by atoms with van der Waals surface area (Å²) >= 11 is 1.56. The number of carbonyl (C=O) groups is 2. The van der Waals surface area contributed by atoms with Crippen LogP contribution in [-0.4, -0.2) is 32.6 Å². The Kier molecular flexibility index (Phi) is 6.84. The number of nitrogens with one attached hydrogen (secondary N) is 1. The van der Waals surface area contributed by atoms with Crippen LogP contribution in [0.4, 0.5) is 15.8 Å². The van der Waals surface area contributed by atoms with Crippen LogP contribution >= 0.6 is 11.8 Å². The molecule has 1 unspecified atom stereocenters. The maximum atomic E-state index is 13.5. The minimum atomic E-state index is -0.446. The van der Waals surface area contributed by atoms with Gasteiger partial charge >= 0.3 is 0 Å². The largest absolute Gasteiger partial charge is 0.493 e. The number of hydrogen-bond acceptors (Lipinski definition) is 5. The van der Waals surface area contributed by atoms with E-state index in [2.05, 4.69) is 5.32 Å². The molecule has 1 heterocycles. The van der Waals surface area contributed by atoms with Gasteiger partial charge < -0.3 is 19.7 Å². The number of carbonyl (C=O) groups excluding carboxylic acids is 2. The van der Waals surface area contributed by atoms with E-state index in [-0.39, 0.29) is 24.1 Å². The summed E-state index contributed by atoms with van der Waals surface area (Å²) in [5.41, 5.74) is 1.94. The molecule has 0 radical (unpaired) electrons. The average Bonchev–Trinajstić information content (AvgIpc) is 2.95. The lowest BCUT2D eigenvalue weighted by Crippen LogP contribution is -2.38. The highest BCUT2D eigenvalue weighted by Gasteiger charge is 2.30. The molecule has 3 aromatic rings. The first-order valence-corrected chi connectivity index (χ1v) is 11.2. The summed E-state index contributed by atoms with van der Waals surface area (Å²) in [7, 11) is 3.14. The van der Waals surface area contributed by atoms with Crippen molar-refractivity contribution in [3.8, 4) is 11.5 Å². The highest BCUT2D eigenvalue weighted by molar-refractivity contribution is 7.99. The molecule has 1 aliphatic rings. The smallest absolute Gasteiger partial charge is 0.244 e. The quantitative estimate of drug-likeness (QED) is 0.551. The summed E-state index contributed by atoms with van der Waals surface area (Å²) in [5, 5.41) is 2.49. The molecule has 0 aliphatic carbocycles. The Bertz CT molecular complexity index is 1190. The molecule has 3 aromatic carbocycles. The van der Waals surface area contributed by atoms with Gasteiger partial charge in [0.15, 0.2) is 11.5 Å². The molecule has 170 valence electrons. The first-order valence-electron chi connectivity index (χ1n) is 10.3. The third-order valence-corrected chi connectivity index (χ3v) is 6.60. The van der Waals surface area contributed by atoms with Crippen molar-refractivity contribution in [2.24, 2.45) is 0 Å². The number of methoxy groups -OCH3 is 2. The molecule has 1 N–H and O–H groups in total. The number of nitrogens with zero attached hydrogens (tertiary/aromatic N) is 1. The number of ether oxygens (including phenoxy) is 2. The molecule has 0 saturated heterocycles. The summed E-state index contributed by atoms with van der Waals surface area (Å²) in [6.45, 7) is -0.175. The third-order valence-electron chi connectivity index (χ3n) is 5.28. The monoisotopic (exact) mass is 466 g/mol. The van der Waals surface area contributed by atoms with Crippen LogP contribution in [-0.2, 0) is 9.59 Å². The number of thioether (sulfide) groups is 1. The van der Waals surface area contributed by atoms with Gasteiger partial charge in [0.25, 0.3) is 0 Å². The van der Waals surface area contributed by atoms with Crippen molar-refractivity contribution < 1.29 is 23.5 Å². The predicted molar refractivity (Wildman–Crippen MR) is 127 cm³/mol. The van der Waals surface area contributed by atoms with Crippen molar-refractivity contribution in [2.75, 3.05) is 31.0 Å². The highest BCUT2D eigenvalue weighted by atomic mass is 32.2. The van der Waals surface area contributed by atoms with Crippen LogP contribution in [0.1, 0.15) is 17.2 Å². The summed E-state index contributed by atoms with van der Waals surface area (Å²) in [5.74, 6) is 0.173. The summed E-state index contributed by atoms with van der Waals surface area (Å²) in [6, 6.07) is 18.8. The van der Waals surface area contributed by atoms with Crippen molar-refractivity contribution in [1.29, 1.82) is 0 Å². The first kappa shape index (κ1) is 22.7. The van der Waals surface area contributed by atoms with Gasteiger partial charge in [-0.3, -0.25) is 9.59 Å². The molecule has 0 bridgehead atoms. The number of rotatable bonds is 6. The zero-order chi connectivity index (χ0) is 23.4. The summed E-state index contributed by atoms with van der Waals surface area (Å²) < 4.78 is 24.2. The maximum absolute atomic E-state index is 13.5. The number of anilines is 2. The molecule has 1 atom stereocenters. The Morgan fingerprint density at radius 1 is 1.06 bits per heavy atom. The fraction of sp³-hybridized carbons (Fsp3) is 0.200. The number of amides is 2. The van der Waals surface area contributed by atoms with Gasteiger partial charge in [-0.25, -0.2) is 4.39 Å². The van der Waals surface area contributed by atoms with Gasteiger partial charge in [-0.1, -0.05) is 24.3 Å². The second-order valence-corrected chi connectivity index (χ2v) is 8.68. The predicted octanol–water partition coefficient (Wildman–Crippen LogP) is 5.05. The van der Waals surface area contributed by atoms with Crippen molar-refractivity contribution >= 4 is 35.0 Å². The molecule has 2 amide bonds. The van der Waals surface area contributed by atoms with E-state index in [1.54, 1.807) is 32.0 Å². The zero-order valence-corrected chi connectivity index (χ0v) is 19.0. The molecule has 6 nitrogen and oxygen atoms in total. The number of halogens is 1. The topological polar surface area (TPSA) is 67.9 Å². The number of benzene rings is 3. The van der Waals surface area contributed by atoms with Crippen LogP contribution in [0.5, 0.6) is 11.5 Å². The van der Waals surface area contributed by atoms with Gasteiger partial charge in [0.2, 0.25) is 11.8 Å². The van der Waals surface area contributed by atoms with E-state index in [1.807, 2.05) is 42.5 Å². The lowest BCUT2D eigenvalue weighted by molar-refractivity contribution is -0.121. The first-order chi connectivity index (χ1) is 16.0. The molecule has 0 saturated carbocycles. The SMILES string of the molecule is COc1ccc(C2CC(=O)N(CC(=O)Nc3cccc(F)c3)c3ccccc3S2)cc1OC. The molecule has 0 spiro atoms. The molecule has 0 fully saturated rings. The molecule has 4 rings (SSSR count). The molecule has 33 heavy (non-hydrogen) atoms. The van der Waals surface area contributed by atoms with E-state index in [1.165, 1.54) is 23.1 Å². The van der Waals surface area contributed by atoms with Crippen molar-refractivity contribution in [2.45, 2.75) is 16.6 Å². The van der Waals surface area contributed by atoms with Gasteiger partial charge in [0.05, 0.1) is 19.9 Å². The van der Waals surface area contributed by atoms with Crippen LogP contribution in [0.15, 0.2) is 71.6 Å². The fourth-order valence-electron chi connectivity index (χ4n) is 3.70. The van der Waals surface area contributed by atoms with E-state index in [0.29, 0.717) is 22.9 Å². The molecule has 8 heteroatoms. The van der Waals surface area contributed by atoms with Gasteiger partial charge in [-0.15, -0.1) is 11.8 Å². The van der Waals surface area contributed by atoms with Crippen molar-refractivity contribution in [3.63, 3.8) is 0 Å². The van der Waals surface area contributed by atoms with Gasteiger partial charge in [0, 0.05) is 22.3 Å². The maximum Gasteiger partial charge on any atom is 0.244 e. The van der Waals surface area contributed by atoms with E-state index in [4.69, 9.17) is 9.47 Å². The molecular formula is C25H23FN2O4S. The average molecular weight is 467 g/mol. The second-order valence-electron chi connectivity index (χ2n) is 7.43. The van der Waals surface area contributed by atoms with Crippen LogP contribution < -0.4 is 19.7 Å². The lowest BCUT2D eigenvalue weighted by Gasteiger charge is -2.22. The molecule has 1 aliphatic heterocycles. The number of hydrogen-bond donors (Lipinski definition) is 1. The fourth-order valence-corrected chi connectivity index (χ4v) is 4.97. The van der Waals surface area contributed by atoms with Crippen LogP contribution in [0, 0.1) is 5.82 Å². The number of fused-ring (bicyclic) bond motifs is 1. The Morgan fingerprint density at radius 3 is 2.61 bits per heavy atom. The Hall–Kier alpha value is -3.52. The van der Waals surface area contributed by atoms with E-state index >= 15 is 0 Å². The van der Waals surface area contributed by atoms with Gasteiger partial charge in [0.1, 0.15) is 12.4 Å². The lowest BCUT2D eigenvalue weighted by atomic mass is 10.1. The Morgan fingerprint density at radius 2 is 1.85 bits per heavy atom. The van der Waals surface area contributed by atoms with E-state index in [0.717, 1.165) is 10.5 Å². The number of para-hydroxylation sites is 1. The Balaban J connectivity index is 1.60. The summed E-state index contributed by atoms with van der Waals surface area (Å²) in [6.07, 6.45) is 0.197. The van der Waals surface area contributed by atoms with Gasteiger partial charge in [-0.2, -0.15) is 0 Å². The van der Waals surface area contributed by atoms with Crippen LogP contribution in [0.25, 0.3) is 0 Å². The minimum Gasteiger partial charge on any atom is -0.493 e. The van der Waals surface area contributed by atoms with Crippen LogP contribution in [0.2, 0.25) is 0 Å². The molecular weight excluding hydrogens is 443 g/mol. The third kappa shape index (κ3) is 5.12.